The van der Waals surface area contributed by atoms with E-state index < -0.39 is 0 Å². The maximum absolute atomic E-state index is 12.4. The van der Waals surface area contributed by atoms with Gasteiger partial charge in [-0.3, -0.25) is 0 Å². The molecule has 0 bridgehead atoms. The Hall–Kier alpha value is -0.540. The second-order valence-corrected chi connectivity index (χ2v) is 3.51. The third-order valence-corrected chi connectivity index (χ3v) is 2.43. The van der Waals surface area contributed by atoms with E-state index in [1.165, 1.54) is 12.1 Å². The van der Waals surface area contributed by atoms with Crippen LogP contribution in [-0.2, 0) is 5.75 Å². The van der Waals surface area contributed by atoms with Crippen molar-refractivity contribution in [2.75, 3.05) is 12.4 Å². The minimum Gasteiger partial charge on any atom is -0.396 e. The lowest BCUT2D eigenvalue weighted by Gasteiger charge is -1.99. The van der Waals surface area contributed by atoms with E-state index in [1.54, 1.807) is 23.9 Å². The molecule has 3 heteroatoms. The second kappa shape index (κ2) is 5.17. The monoisotopic (exact) mass is 186 g/mol. The molecule has 66 valence electrons. The van der Waals surface area contributed by atoms with E-state index in [4.69, 9.17) is 5.11 Å². The maximum atomic E-state index is 12.4. The molecule has 1 N–H and O–H groups in total. The first kappa shape index (κ1) is 9.55. The van der Waals surface area contributed by atoms with Crippen LogP contribution in [0.5, 0.6) is 0 Å². The first-order valence-electron chi connectivity index (χ1n) is 3.76. The van der Waals surface area contributed by atoms with E-state index in [0.717, 1.165) is 17.1 Å². The van der Waals surface area contributed by atoms with Crippen molar-refractivity contribution in [1.29, 1.82) is 0 Å². The minimum atomic E-state index is -0.203. The molecule has 0 unspecified atom stereocenters. The van der Waals surface area contributed by atoms with Crippen molar-refractivity contribution >= 4 is 11.8 Å². The smallest absolute Gasteiger partial charge is 0.123 e. The summed E-state index contributed by atoms with van der Waals surface area (Å²) in [5.74, 6) is 1.36. The molecule has 1 rings (SSSR count). The Bertz CT molecular complexity index is 222. The highest BCUT2D eigenvalue weighted by molar-refractivity contribution is 7.98. The molecule has 1 aromatic rings. The van der Waals surface area contributed by atoms with Gasteiger partial charge in [0.1, 0.15) is 5.82 Å². The highest BCUT2D eigenvalue weighted by atomic mass is 32.2. The second-order valence-electron chi connectivity index (χ2n) is 2.40. The lowest BCUT2D eigenvalue weighted by atomic mass is 10.2. The quantitative estimate of drug-likeness (QED) is 0.726. The minimum absolute atomic E-state index is 0.200. The molecular formula is C9H11FOS. The third kappa shape index (κ3) is 3.24. The molecule has 0 radical (unpaired) electrons. The van der Waals surface area contributed by atoms with Crippen LogP contribution in [0.2, 0.25) is 0 Å². The average Bonchev–Trinajstić information content (AvgIpc) is 2.09. The standard InChI is InChI=1S/C9H11FOS/c10-9-3-1-8(2-4-9)7-12-6-5-11/h1-4,11H,5-7H2. The van der Waals surface area contributed by atoms with E-state index in [2.05, 4.69) is 0 Å². The number of hydrogen-bond acceptors (Lipinski definition) is 2. The van der Waals surface area contributed by atoms with Gasteiger partial charge in [-0.25, -0.2) is 4.39 Å². The summed E-state index contributed by atoms with van der Waals surface area (Å²) in [6, 6.07) is 6.43. The first-order chi connectivity index (χ1) is 5.83. The summed E-state index contributed by atoms with van der Waals surface area (Å²) >= 11 is 1.64. The number of hydrogen-bond donors (Lipinski definition) is 1. The summed E-state index contributed by atoms with van der Waals surface area (Å²) in [6.07, 6.45) is 0. The van der Waals surface area contributed by atoms with Crippen LogP contribution in [0, 0.1) is 5.82 Å². The third-order valence-electron chi connectivity index (χ3n) is 1.42. The number of aliphatic hydroxyl groups is 1. The van der Waals surface area contributed by atoms with Crippen LogP contribution in [0.4, 0.5) is 4.39 Å². The maximum Gasteiger partial charge on any atom is 0.123 e. The van der Waals surface area contributed by atoms with Gasteiger partial charge in [0.25, 0.3) is 0 Å². The van der Waals surface area contributed by atoms with E-state index >= 15 is 0 Å². The first-order valence-corrected chi connectivity index (χ1v) is 4.91. The number of benzene rings is 1. The van der Waals surface area contributed by atoms with Crippen molar-refractivity contribution < 1.29 is 9.50 Å². The molecule has 0 aliphatic heterocycles. The molecule has 0 heterocycles. The zero-order valence-electron chi connectivity index (χ0n) is 6.66. The van der Waals surface area contributed by atoms with Gasteiger partial charge >= 0.3 is 0 Å². The fourth-order valence-electron chi connectivity index (χ4n) is 0.835. The van der Waals surface area contributed by atoms with Crippen LogP contribution in [0.25, 0.3) is 0 Å². The lowest BCUT2D eigenvalue weighted by Crippen LogP contribution is -1.87. The SMILES string of the molecule is OCCSCc1ccc(F)cc1. The fraction of sp³-hybridized carbons (Fsp3) is 0.333. The van der Waals surface area contributed by atoms with E-state index in [0.29, 0.717) is 0 Å². The van der Waals surface area contributed by atoms with Gasteiger partial charge in [-0.05, 0) is 17.7 Å². The number of rotatable bonds is 4. The van der Waals surface area contributed by atoms with Gasteiger partial charge in [0.2, 0.25) is 0 Å². The Labute approximate surface area is 75.6 Å². The van der Waals surface area contributed by atoms with Crippen molar-refractivity contribution in [3.63, 3.8) is 0 Å². The van der Waals surface area contributed by atoms with E-state index in [-0.39, 0.29) is 12.4 Å². The van der Waals surface area contributed by atoms with Crippen LogP contribution in [0.3, 0.4) is 0 Å². The molecule has 0 atom stereocenters. The van der Waals surface area contributed by atoms with Gasteiger partial charge < -0.3 is 5.11 Å². The predicted molar refractivity (Wildman–Crippen MR) is 49.6 cm³/mol. The zero-order chi connectivity index (χ0) is 8.81. The Balaban J connectivity index is 2.37. The number of halogens is 1. The van der Waals surface area contributed by atoms with Gasteiger partial charge in [-0.2, -0.15) is 11.8 Å². The number of thioether (sulfide) groups is 1. The molecule has 0 amide bonds. The van der Waals surface area contributed by atoms with Crippen molar-refractivity contribution in [2.24, 2.45) is 0 Å². The molecule has 0 saturated carbocycles. The average molecular weight is 186 g/mol. The molecule has 0 aliphatic carbocycles. The Morgan fingerprint density at radius 2 is 1.92 bits per heavy atom. The van der Waals surface area contributed by atoms with Gasteiger partial charge in [0.05, 0.1) is 6.61 Å². The molecular weight excluding hydrogens is 175 g/mol. The van der Waals surface area contributed by atoms with E-state index in [9.17, 15) is 4.39 Å². The molecule has 12 heavy (non-hydrogen) atoms. The molecule has 0 aliphatic rings. The summed E-state index contributed by atoms with van der Waals surface area (Å²) < 4.78 is 12.4. The van der Waals surface area contributed by atoms with Crippen molar-refractivity contribution in [3.05, 3.63) is 35.6 Å². The van der Waals surface area contributed by atoms with Crippen LogP contribution >= 0.6 is 11.8 Å². The van der Waals surface area contributed by atoms with E-state index in [1.807, 2.05) is 0 Å². The van der Waals surface area contributed by atoms with Gasteiger partial charge in [-0.1, -0.05) is 12.1 Å². The van der Waals surface area contributed by atoms with Gasteiger partial charge in [0, 0.05) is 11.5 Å². The molecule has 1 aromatic carbocycles. The normalized spacial score (nSPS) is 10.2. The molecule has 0 saturated heterocycles. The van der Waals surface area contributed by atoms with Crippen LogP contribution < -0.4 is 0 Å². The van der Waals surface area contributed by atoms with Gasteiger partial charge in [-0.15, -0.1) is 0 Å². The van der Waals surface area contributed by atoms with Crippen molar-refractivity contribution in [1.82, 2.24) is 0 Å². The van der Waals surface area contributed by atoms with Crippen molar-refractivity contribution in [3.8, 4) is 0 Å². The summed E-state index contributed by atoms with van der Waals surface area (Å²) in [5, 5.41) is 8.51. The lowest BCUT2D eigenvalue weighted by molar-refractivity contribution is 0.322. The number of aliphatic hydroxyl groups excluding tert-OH is 1. The highest BCUT2D eigenvalue weighted by Crippen LogP contribution is 2.11. The van der Waals surface area contributed by atoms with Gasteiger partial charge in [0.15, 0.2) is 0 Å². The molecule has 1 nitrogen and oxygen atoms in total. The molecule has 0 fully saturated rings. The summed E-state index contributed by atoms with van der Waals surface area (Å²) in [4.78, 5) is 0. The summed E-state index contributed by atoms with van der Waals surface area (Å²) in [6.45, 7) is 0.200. The molecule has 0 spiro atoms. The largest absolute Gasteiger partial charge is 0.396 e. The van der Waals surface area contributed by atoms with Crippen LogP contribution in [-0.4, -0.2) is 17.5 Å². The Morgan fingerprint density at radius 1 is 1.25 bits per heavy atom. The fourth-order valence-corrected chi connectivity index (χ4v) is 1.54. The Kier molecular flexibility index (Phi) is 4.11. The summed E-state index contributed by atoms with van der Waals surface area (Å²) in [7, 11) is 0. The highest BCUT2D eigenvalue weighted by Gasteiger charge is 1.93. The Morgan fingerprint density at radius 3 is 2.50 bits per heavy atom. The van der Waals surface area contributed by atoms with Crippen LogP contribution in [0.1, 0.15) is 5.56 Å². The van der Waals surface area contributed by atoms with Crippen molar-refractivity contribution in [2.45, 2.75) is 5.75 Å². The molecule has 0 aromatic heterocycles. The van der Waals surface area contributed by atoms with Crippen LogP contribution in [0.15, 0.2) is 24.3 Å². The zero-order valence-corrected chi connectivity index (χ0v) is 7.48. The topological polar surface area (TPSA) is 20.2 Å². The summed E-state index contributed by atoms with van der Waals surface area (Å²) in [5.41, 5.74) is 1.09. The predicted octanol–water partition coefficient (Wildman–Crippen LogP) is 2.05.